The van der Waals surface area contributed by atoms with E-state index in [1.807, 2.05) is 0 Å². The Morgan fingerprint density at radius 1 is 0.469 bits per heavy atom. The van der Waals surface area contributed by atoms with Crippen LogP contribution in [0.5, 0.6) is 0 Å². The van der Waals surface area contributed by atoms with Crippen LogP contribution in [0.2, 0.25) is 0 Å². The zero-order valence-electron chi connectivity index (χ0n) is 22.9. The van der Waals surface area contributed by atoms with Gasteiger partial charge >= 0.3 is 0 Å². The van der Waals surface area contributed by atoms with E-state index in [-0.39, 0.29) is 5.92 Å². The minimum atomic E-state index is 0.135. The molecule has 192 valence electrons. The summed E-state index contributed by atoms with van der Waals surface area (Å²) < 4.78 is 0. The van der Waals surface area contributed by atoms with Gasteiger partial charge in [-0.05, 0) is 12.8 Å². The fourth-order valence-corrected chi connectivity index (χ4v) is 4.63. The van der Waals surface area contributed by atoms with Crippen molar-refractivity contribution in [1.82, 2.24) is 4.90 Å². The lowest BCUT2D eigenvalue weighted by atomic mass is 10.0. The number of nitrogens with zero attached hydrogens (tertiary/aromatic N) is 1. The molecular weight excluding hydrogens is 390 g/mol. The largest absolute Gasteiger partial charge is 0.342 e. The molecule has 0 N–H and O–H groups in total. The molecule has 0 aliphatic rings. The summed E-state index contributed by atoms with van der Waals surface area (Å²) in [5.74, 6) is 0.499. The molecule has 0 bridgehead atoms. The van der Waals surface area contributed by atoms with Crippen molar-refractivity contribution in [1.29, 1.82) is 0 Å². The summed E-state index contributed by atoms with van der Waals surface area (Å²) in [5.41, 5.74) is 0. The molecule has 0 radical (unpaired) electrons. The number of rotatable bonds is 25. The molecule has 0 saturated carbocycles. The first kappa shape index (κ1) is 31.5. The number of carbonyl (C=O) groups is 1. The van der Waals surface area contributed by atoms with Crippen LogP contribution in [0, 0.1) is 5.92 Å². The number of unbranched alkanes of at least 4 members (excludes halogenated alkanes) is 20. The number of amides is 1. The van der Waals surface area contributed by atoms with Gasteiger partial charge in [-0.1, -0.05) is 156 Å². The van der Waals surface area contributed by atoms with Gasteiger partial charge in [-0.2, -0.15) is 0 Å². The Balaban J connectivity index is 3.70. The first-order valence-corrected chi connectivity index (χ1v) is 14.9. The Hall–Kier alpha value is -0.530. The Morgan fingerprint density at radius 2 is 0.719 bits per heavy atom. The molecule has 0 fully saturated rings. The minimum absolute atomic E-state index is 0.135. The summed E-state index contributed by atoms with van der Waals surface area (Å²) in [5, 5.41) is 0. The van der Waals surface area contributed by atoms with Crippen LogP contribution in [0.1, 0.15) is 169 Å². The van der Waals surface area contributed by atoms with Gasteiger partial charge in [0.05, 0.1) is 0 Å². The Bertz CT molecular complexity index is 379. The molecule has 0 atom stereocenters. The van der Waals surface area contributed by atoms with Gasteiger partial charge in [0.2, 0.25) is 5.91 Å². The normalized spacial score (nSPS) is 11.4. The second-order valence-electron chi connectivity index (χ2n) is 10.6. The highest BCUT2D eigenvalue weighted by atomic mass is 16.2. The highest BCUT2D eigenvalue weighted by Gasteiger charge is 2.16. The molecule has 2 nitrogen and oxygen atoms in total. The maximum absolute atomic E-state index is 12.6. The van der Waals surface area contributed by atoms with E-state index in [4.69, 9.17) is 0 Å². The van der Waals surface area contributed by atoms with Gasteiger partial charge < -0.3 is 4.90 Å². The Labute approximate surface area is 203 Å². The van der Waals surface area contributed by atoms with Crippen LogP contribution in [-0.4, -0.2) is 23.9 Å². The molecule has 0 spiro atoms. The van der Waals surface area contributed by atoms with Gasteiger partial charge in [0.15, 0.2) is 0 Å². The van der Waals surface area contributed by atoms with E-state index in [0.29, 0.717) is 5.91 Å². The smallest absolute Gasteiger partial charge is 0.225 e. The van der Waals surface area contributed by atoms with Crippen LogP contribution in [0.3, 0.4) is 0 Å². The van der Waals surface area contributed by atoms with Crippen molar-refractivity contribution in [2.75, 3.05) is 13.1 Å². The fourth-order valence-electron chi connectivity index (χ4n) is 4.63. The van der Waals surface area contributed by atoms with Crippen LogP contribution in [0.4, 0.5) is 0 Å². The van der Waals surface area contributed by atoms with Gasteiger partial charge in [-0.25, -0.2) is 0 Å². The second-order valence-corrected chi connectivity index (χ2v) is 10.6. The monoisotopic (exact) mass is 451 g/mol. The molecule has 1 amide bonds. The van der Waals surface area contributed by atoms with Gasteiger partial charge in [0.1, 0.15) is 0 Å². The summed E-state index contributed by atoms with van der Waals surface area (Å²) in [6, 6.07) is 0. The van der Waals surface area contributed by atoms with Crippen LogP contribution in [0.15, 0.2) is 0 Å². The molecule has 0 aliphatic carbocycles. The van der Waals surface area contributed by atoms with Gasteiger partial charge in [0.25, 0.3) is 0 Å². The highest BCUT2D eigenvalue weighted by Crippen LogP contribution is 2.14. The van der Waals surface area contributed by atoms with E-state index < -0.39 is 0 Å². The maximum Gasteiger partial charge on any atom is 0.225 e. The van der Waals surface area contributed by atoms with E-state index in [1.165, 1.54) is 141 Å². The molecule has 32 heavy (non-hydrogen) atoms. The van der Waals surface area contributed by atoms with Crippen LogP contribution >= 0.6 is 0 Å². The molecule has 0 rings (SSSR count). The molecule has 0 aromatic carbocycles. The van der Waals surface area contributed by atoms with E-state index >= 15 is 0 Å². The average molecular weight is 452 g/mol. The summed E-state index contributed by atoms with van der Waals surface area (Å²) in [7, 11) is 0. The van der Waals surface area contributed by atoms with Crippen molar-refractivity contribution >= 4 is 5.91 Å². The predicted molar refractivity (Wildman–Crippen MR) is 144 cm³/mol. The molecule has 0 unspecified atom stereocenters. The Kier molecular flexibility index (Phi) is 24.7. The topological polar surface area (TPSA) is 20.3 Å². The lowest BCUT2D eigenvalue weighted by Gasteiger charge is -2.24. The molecule has 0 heterocycles. The van der Waals surface area contributed by atoms with Crippen molar-refractivity contribution in [3.05, 3.63) is 0 Å². The van der Waals surface area contributed by atoms with Crippen molar-refractivity contribution in [2.45, 2.75) is 169 Å². The fraction of sp³-hybridized carbons (Fsp3) is 0.967. The van der Waals surface area contributed by atoms with E-state index in [2.05, 4.69) is 32.6 Å². The highest BCUT2D eigenvalue weighted by molar-refractivity contribution is 5.78. The summed E-state index contributed by atoms with van der Waals surface area (Å²) in [6.07, 6.45) is 30.1. The van der Waals surface area contributed by atoms with E-state index in [0.717, 1.165) is 13.1 Å². The van der Waals surface area contributed by atoms with Crippen molar-refractivity contribution in [2.24, 2.45) is 5.92 Å². The third-order valence-corrected chi connectivity index (χ3v) is 6.87. The summed E-state index contributed by atoms with van der Waals surface area (Å²) >= 11 is 0. The van der Waals surface area contributed by atoms with Gasteiger partial charge in [0, 0.05) is 19.0 Å². The predicted octanol–water partition coefficient (Wildman–Crippen LogP) is 10.1. The lowest BCUT2D eigenvalue weighted by Crippen LogP contribution is -2.36. The van der Waals surface area contributed by atoms with Crippen LogP contribution in [0.25, 0.3) is 0 Å². The first-order valence-electron chi connectivity index (χ1n) is 14.9. The molecular formula is C30H61NO. The van der Waals surface area contributed by atoms with Crippen molar-refractivity contribution in [3.8, 4) is 0 Å². The second kappa shape index (κ2) is 25.1. The van der Waals surface area contributed by atoms with E-state index in [9.17, 15) is 4.79 Å². The average Bonchev–Trinajstić information content (AvgIpc) is 2.79. The lowest BCUT2D eigenvalue weighted by molar-refractivity contribution is -0.134. The number of hydrogen-bond acceptors (Lipinski definition) is 1. The van der Waals surface area contributed by atoms with Crippen LogP contribution in [-0.2, 0) is 4.79 Å². The third kappa shape index (κ3) is 21.3. The summed E-state index contributed by atoms with van der Waals surface area (Å²) in [6.45, 7) is 10.6. The minimum Gasteiger partial charge on any atom is -0.342 e. The molecule has 0 aromatic heterocycles. The van der Waals surface area contributed by atoms with Crippen molar-refractivity contribution < 1.29 is 4.79 Å². The quantitative estimate of drug-likeness (QED) is 0.126. The van der Waals surface area contributed by atoms with Crippen LogP contribution < -0.4 is 0 Å². The zero-order valence-corrected chi connectivity index (χ0v) is 22.9. The first-order chi connectivity index (χ1) is 15.6. The zero-order chi connectivity index (χ0) is 23.7. The van der Waals surface area contributed by atoms with Crippen molar-refractivity contribution in [3.63, 3.8) is 0 Å². The molecule has 0 aromatic rings. The van der Waals surface area contributed by atoms with Gasteiger partial charge in [-0.15, -0.1) is 0 Å². The standard InChI is InChI=1S/C30H61NO/c1-5-7-9-11-13-15-17-18-20-22-24-26-28-31(30(32)29(3)4)27-25-23-21-19-16-14-12-10-8-6-2/h29H,5-28H2,1-4H3. The Morgan fingerprint density at radius 3 is 0.969 bits per heavy atom. The molecule has 2 heteroatoms. The number of hydrogen-bond donors (Lipinski definition) is 0. The third-order valence-electron chi connectivity index (χ3n) is 6.87. The SMILES string of the molecule is CCCCCCCCCCCCCCN(CCCCCCCCCCCC)C(=O)C(C)C. The van der Waals surface area contributed by atoms with E-state index in [1.54, 1.807) is 0 Å². The molecule has 0 aliphatic heterocycles. The van der Waals surface area contributed by atoms with Gasteiger partial charge in [-0.3, -0.25) is 4.79 Å². The molecule has 0 saturated heterocycles. The number of carbonyl (C=O) groups excluding carboxylic acids is 1. The summed E-state index contributed by atoms with van der Waals surface area (Å²) in [4.78, 5) is 14.8. The maximum atomic E-state index is 12.6.